The maximum absolute atomic E-state index is 12.7. The van der Waals surface area contributed by atoms with E-state index in [2.05, 4.69) is 31.1 Å². The highest BCUT2D eigenvalue weighted by Gasteiger charge is 2.30. The Morgan fingerprint density at radius 3 is 2.26 bits per heavy atom. The molecule has 10 heteroatoms. The van der Waals surface area contributed by atoms with Crippen LogP contribution in [-0.2, 0) is 6.18 Å². The Hall–Kier alpha value is -2.39. The third-order valence-electron chi connectivity index (χ3n) is 3.19. The summed E-state index contributed by atoms with van der Waals surface area (Å²) in [5.74, 6) is 3.46. The van der Waals surface area contributed by atoms with Gasteiger partial charge in [-0.2, -0.15) is 13.2 Å². The van der Waals surface area contributed by atoms with Gasteiger partial charge in [0.05, 0.1) is 5.56 Å². The van der Waals surface area contributed by atoms with Crippen molar-refractivity contribution in [3.63, 3.8) is 0 Å². The summed E-state index contributed by atoms with van der Waals surface area (Å²) in [6.07, 6.45) is 1.53. The fourth-order valence-electron chi connectivity index (χ4n) is 2.00. The van der Waals surface area contributed by atoms with Crippen LogP contribution in [0.15, 0.2) is 49.1 Å². The van der Waals surface area contributed by atoms with Gasteiger partial charge < -0.3 is 4.74 Å². The zero-order valence-corrected chi connectivity index (χ0v) is 16.2. The number of hydrogen-bond acceptors (Lipinski definition) is 6. The molecule has 2 heterocycles. The molecule has 0 unspecified atom stereocenters. The van der Waals surface area contributed by atoms with E-state index < -0.39 is 11.7 Å². The van der Waals surface area contributed by atoms with E-state index in [9.17, 15) is 13.2 Å². The molecule has 0 fully saturated rings. The van der Waals surface area contributed by atoms with E-state index in [0.29, 0.717) is 17.1 Å². The van der Waals surface area contributed by atoms with E-state index in [4.69, 9.17) is 4.74 Å². The van der Waals surface area contributed by atoms with Gasteiger partial charge in [-0.15, -0.1) is 0 Å². The normalized spacial score (nSPS) is 10.8. The number of ether oxygens (including phenoxy) is 1. The highest BCUT2D eigenvalue weighted by Crippen LogP contribution is 2.32. The van der Waals surface area contributed by atoms with Crippen LogP contribution in [0, 0.1) is 11.2 Å². The van der Waals surface area contributed by atoms with E-state index >= 15 is 0 Å². The zero-order valence-electron chi connectivity index (χ0n) is 13.2. The Morgan fingerprint density at radius 1 is 0.963 bits per heavy atom. The number of benzene rings is 1. The molecule has 0 spiro atoms. The molecular formula is C17H8F3IN4OS. The van der Waals surface area contributed by atoms with Gasteiger partial charge in [-0.05, 0) is 44.4 Å². The highest BCUT2D eigenvalue weighted by atomic mass is 127. The summed E-state index contributed by atoms with van der Waals surface area (Å²) in [5.41, 5.74) is 0.141. The van der Waals surface area contributed by atoms with Gasteiger partial charge >= 0.3 is 6.18 Å². The van der Waals surface area contributed by atoms with E-state index in [0.717, 1.165) is 12.1 Å². The molecule has 0 aliphatic carbocycles. The summed E-state index contributed by atoms with van der Waals surface area (Å²) < 4.78 is 43.6. The highest BCUT2D eigenvalue weighted by molar-refractivity contribution is 14.2. The fourth-order valence-corrected chi connectivity index (χ4v) is 2.46. The van der Waals surface area contributed by atoms with Gasteiger partial charge in [0, 0.05) is 51.6 Å². The third-order valence-corrected chi connectivity index (χ3v) is 4.03. The van der Waals surface area contributed by atoms with Crippen LogP contribution in [-0.4, -0.2) is 19.9 Å². The molecule has 0 N–H and O–H groups in total. The Morgan fingerprint density at radius 2 is 1.63 bits per heavy atom. The minimum atomic E-state index is -4.41. The lowest BCUT2D eigenvalue weighted by molar-refractivity contribution is -0.137. The maximum Gasteiger partial charge on any atom is 0.416 e. The van der Waals surface area contributed by atoms with Crippen molar-refractivity contribution in [2.45, 2.75) is 6.18 Å². The first-order valence-corrected chi connectivity index (χ1v) is 10.6. The van der Waals surface area contributed by atoms with Gasteiger partial charge in [-0.1, -0.05) is 0 Å². The third kappa shape index (κ3) is 5.08. The lowest BCUT2D eigenvalue weighted by atomic mass is 10.2. The molecular weight excluding hydrogens is 492 g/mol. The van der Waals surface area contributed by atoms with Crippen molar-refractivity contribution in [3.05, 3.63) is 60.4 Å². The second-order valence-corrected chi connectivity index (χ2v) is 6.61. The van der Waals surface area contributed by atoms with Gasteiger partial charge in [0.25, 0.3) is 0 Å². The average Bonchev–Trinajstić information content (AvgIpc) is 2.67. The number of hydrogen-bond donors (Lipinski definition) is 0. The van der Waals surface area contributed by atoms with Crippen molar-refractivity contribution >= 4 is 30.1 Å². The van der Waals surface area contributed by atoms with Crippen LogP contribution < -0.4 is 4.74 Å². The lowest BCUT2D eigenvalue weighted by Gasteiger charge is -2.10. The second kappa shape index (κ2) is 8.53. The zero-order chi connectivity index (χ0) is 19.3. The number of aromatic nitrogens is 4. The van der Waals surface area contributed by atoms with Crippen LogP contribution in [0.3, 0.4) is 0 Å². The Bertz CT molecular complexity index is 986. The molecule has 0 bridgehead atoms. The van der Waals surface area contributed by atoms with Crippen molar-refractivity contribution in [2.24, 2.45) is 0 Å². The smallest absolute Gasteiger partial charge is 0.416 e. The fraction of sp³-hybridized carbons (Fsp3) is 0.0588. The van der Waals surface area contributed by atoms with Crippen LogP contribution in [0.25, 0.3) is 11.3 Å². The van der Waals surface area contributed by atoms with E-state index in [1.165, 1.54) is 45.9 Å². The molecule has 0 saturated carbocycles. The molecule has 0 amide bonds. The predicted molar refractivity (Wildman–Crippen MR) is 103 cm³/mol. The van der Waals surface area contributed by atoms with Crippen LogP contribution in [0.5, 0.6) is 11.6 Å². The van der Waals surface area contributed by atoms with Crippen molar-refractivity contribution in [2.75, 3.05) is 0 Å². The minimum absolute atomic E-state index is 0.127. The first-order valence-electron chi connectivity index (χ1n) is 7.24. The summed E-state index contributed by atoms with van der Waals surface area (Å²) in [4.78, 5) is 16.6. The molecule has 136 valence electrons. The van der Waals surface area contributed by atoms with Gasteiger partial charge in [0.15, 0.2) is 0 Å². The summed E-state index contributed by atoms with van der Waals surface area (Å²) in [7, 11) is 1.32. The lowest BCUT2D eigenvalue weighted by Crippen LogP contribution is -2.04. The van der Waals surface area contributed by atoms with Crippen molar-refractivity contribution in [1.29, 1.82) is 0 Å². The van der Waals surface area contributed by atoms with Gasteiger partial charge in [0.1, 0.15) is 11.4 Å². The standard InChI is InChI=1S/C17H8F3IN4OS/c18-17(19,20)12-1-3-13(4-2-12)26-16-15(22-6-7-23-16)11-9-24-14(25-10-11)5-8-27-21/h1-4,6-7,9-10H. The molecule has 0 saturated heterocycles. The SMILES string of the molecule is FC(F)(F)c1ccc(Oc2nccnc2-c2cnc(C#CSI)nc2)cc1. The molecule has 0 atom stereocenters. The van der Waals surface area contributed by atoms with Crippen LogP contribution in [0.2, 0.25) is 0 Å². The number of rotatable bonds is 3. The van der Waals surface area contributed by atoms with Crippen molar-refractivity contribution in [3.8, 4) is 34.1 Å². The number of halogens is 4. The summed E-state index contributed by atoms with van der Waals surface area (Å²) >= 11 is 2.04. The molecule has 27 heavy (non-hydrogen) atoms. The molecule has 5 nitrogen and oxygen atoms in total. The van der Waals surface area contributed by atoms with E-state index in [1.807, 2.05) is 21.2 Å². The Kier molecular flexibility index (Phi) is 6.12. The number of nitrogens with zero attached hydrogens (tertiary/aromatic N) is 4. The van der Waals surface area contributed by atoms with Gasteiger partial charge in [-0.3, -0.25) is 0 Å². The van der Waals surface area contributed by atoms with E-state index in [-0.39, 0.29) is 11.6 Å². The Labute approximate surface area is 168 Å². The maximum atomic E-state index is 12.7. The molecule has 0 radical (unpaired) electrons. The Balaban J connectivity index is 1.86. The van der Waals surface area contributed by atoms with Crippen molar-refractivity contribution < 1.29 is 17.9 Å². The average molecular weight is 500 g/mol. The summed E-state index contributed by atoms with van der Waals surface area (Å²) in [6, 6.07) is 4.32. The summed E-state index contributed by atoms with van der Waals surface area (Å²) in [5, 5.41) is 2.78. The minimum Gasteiger partial charge on any atom is -0.437 e. The van der Waals surface area contributed by atoms with E-state index in [1.54, 1.807) is 0 Å². The van der Waals surface area contributed by atoms with Crippen LogP contribution in [0.4, 0.5) is 13.2 Å². The second-order valence-electron chi connectivity index (χ2n) is 4.93. The first kappa shape index (κ1) is 19.4. The molecule has 2 aromatic heterocycles. The van der Waals surface area contributed by atoms with Crippen molar-refractivity contribution in [1.82, 2.24) is 19.9 Å². The molecule has 3 rings (SSSR count). The monoisotopic (exact) mass is 500 g/mol. The quantitative estimate of drug-likeness (QED) is 0.367. The molecule has 0 aliphatic rings. The largest absolute Gasteiger partial charge is 0.437 e. The molecule has 3 aromatic rings. The molecule has 0 aliphatic heterocycles. The first-order chi connectivity index (χ1) is 13.0. The number of alkyl halides is 3. The predicted octanol–water partition coefficient (Wildman–Crippen LogP) is 5.14. The summed E-state index contributed by atoms with van der Waals surface area (Å²) in [6.45, 7) is 0. The van der Waals surface area contributed by atoms with Gasteiger partial charge in [0.2, 0.25) is 11.7 Å². The van der Waals surface area contributed by atoms with Crippen LogP contribution >= 0.6 is 30.1 Å². The van der Waals surface area contributed by atoms with Gasteiger partial charge in [-0.25, -0.2) is 19.9 Å². The topological polar surface area (TPSA) is 60.8 Å². The molecule has 1 aromatic carbocycles. The van der Waals surface area contributed by atoms with Crippen LogP contribution in [0.1, 0.15) is 11.4 Å².